The molecule has 2 aromatic carbocycles. The number of thioether (sulfide) groups is 1. The van der Waals surface area contributed by atoms with Crippen LogP contribution in [0.2, 0.25) is 5.02 Å². The van der Waals surface area contributed by atoms with Crippen molar-refractivity contribution in [2.24, 2.45) is 7.05 Å². The van der Waals surface area contributed by atoms with Gasteiger partial charge in [-0.3, -0.25) is 4.79 Å². The molecular weight excluding hydrogens is 420 g/mol. The van der Waals surface area contributed by atoms with Crippen LogP contribution in [0.25, 0.3) is 0 Å². The highest BCUT2D eigenvalue weighted by atomic mass is 35.5. The predicted molar refractivity (Wildman–Crippen MR) is 122 cm³/mol. The molecule has 0 atom stereocenters. The van der Waals surface area contributed by atoms with E-state index in [-0.39, 0.29) is 18.3 Å². The summed E-state index contributed by atoms with van der Waals surface area (Å²) in [5.41, 5.74) is 4.97. The third-order valence-electron chi connectivity index (χ3n) is 4.69. The molecule has 0 saturated carbocycles. The van der Waals surface area contributed by atoms with Crippen LogP contribution in [0.5, 0.6) is 5.75 Å². The molecule has 6 nitrogen and oxygen atoms in total. The van der Waals surface area contributed by atoms with Crippen molar-refractivity contribution in [3.8, 4) is 5.75 Å². The van der Waals surface area contributed by atoms with Gasteiger partial charge >= 0.3 is 0 Å². The maximum absolute atomic E-state index is 12.3. The van der Waals surface area contributed by atoms with Crippen LogP contribution in [-0.4, -0.2) is 26.4 Å². The highest BCUT2D eigenvalue weighted by Crippen LogP contribution is 2.26. The van der Waals surface area contributed by atoms with Crippen molar-refractivity contribution in [3.63, 3.8) is 0 Å². The summed E-state index contributed by atoms with van der Waals surface area (Å²) in [5, 5.41) is 12.7. The van der Waals surface area contributed by atoms with Crippen LogP contribution in [0.1, 0.15) is 28.1 Å². The smallest absolute Gasteiger partial charge is 0.234 e. The van der Waals surface area contributed by atoms with Crippen molar-refractivity contribution in [2.75, 3.05) is 11.1 Å². The van der Waals surface area contributed by atoms with Gasteiger partial charge in [-0.1, -0.05) is 41.1 Å². The number of halogens is 1. The number of anilines is 1. The molecule has 1 aromatic heterocycles. The molecule has 1 N–H and O–H groups in total. The minimum Gasteiger partial charge on any atom is -0.486 e. The molecule has 0 bridgehead atoms. The number of hydrogen-bond donors (Lipinski definition) is 1. The van der Waals surface area contributed by atoms with Crippen molar-refractivity contribution in [3.05, 3.63) is 63.4 Å². The number of nitrogens with one attached hydrogen (secondary N) is 1. The lowest BCUT2D eigenvalue weighted by molar-refractivity contribution is -0.113. The Morgan fingerprint density at radius 2 is 1.80 bits per heavy atom. The Morgan fingerprint density at radius 3 is 2.47 bits per heavy atom. The molecule has 3 rings (SSSR count). The van der Waals surface area contributed by atoms with Crippen LogP contribution in [-0.2, 0) is 18.4 Å². The van der Waals surface area contributed by atoms with Crippen LogP contribution in [0.3, 0.4) is 0 Å². The third-order valence-corrected chi connectivity index (χ3v) is 6.31. The van der Waals surface area contributed by atoms with Gasteiger partial charge in [-0.25, -0.2) is 0 Å². The fraction of sp³-hybridized carbons (Fsp3) is 0.318. The molecule has 0 saturated heterocycles. The lowest BCUT2D eigenvalue weighted by Crippen LogP contribution is -2.15. The van der Waals surface area contributed by atoms with E-state index >= 15 is 0 Å². The van der Waals surface area contributed by atoms with E-state index in [1.54, 1.807) is 0 Å². The number of carbonyl (C=O) groups is 1. The first kappa shape index (κ1) is 22.2. The molecule has 0 fully saturated rings. The summed E-state index contributed by atoms with van der Waals surface area (Å²) < 4.78 is 7.70. The zero-order valence-corrected chi connectivity index (χ0v) is 19.3. The SMILES string of the molecule is Cc1ccc(NC(=O)CSc2nnc(COc3cc(C)c(Cl)c(C)c3)n2C)c(C)c1. The van der Waals surface area contributed by atoms with Crippen LogP contribution >= 0.6 is 23.4 Å². The summed E-state index contributed by atoms with van der Waals surface area (Å²) in [6.07, 6.45) is 0. The summed E-state index contributed by atoms with van der Waals surface area (Å²) in [6, 6.07) is 9.75. The average Bonchev–Trinajstić information content (AvgIpc) is 3.04. The minimum atomic E-state index is -0.0835. The Balaban J connectivity index is 1.56. The summed E-state index contributed by atoms with van der Waals surface area (Å²) >= 11 is 7.54. The number of nitrogens with zero attached hydrogens (tertiary/aromatic N) is 3. The molecule has 0 unspecified atom stereocenters. The van der Waals surface area contributed by atoms with Crippen LogP contribution in [0.15, 0.2) is 35.5 Å². The van der Waals surface area contributed by atoms with Gasteiger partial charge in [-0.2, -0.15) is 0 Å². The summed E-state index contributed by atoms with van der Waals surface area (Å²) in [4.78, 5) is 12.3. The van der Waals surface area contributed by atoms with E-state index < -0.39 is 0 Å². The predicted octanol–water partition coefficient (Wildman–Crippen LogP) is 5.01. The minimum absolute atomic E-state index is 0.0835. The first-order valence-corrected chi connectivity index (χ1v) is 10.9. The zero-order chi connectivity index (χ0) is 21.8. The second-order valence-corrected chi connectivity index (χ2v) is 8.59. The van der Waals surface area contributed by atoms with Gasteiger partial charge in [0.05, 0.1) is 5.75 Å². The van der Waals surface area contributed by atoms with Crippen molar-refractivity contribution in [1.29, 1.82) is 0 Å². The number of aryl methyl sites for hydroxylation is 4. The molecular formula is C22H25ClN4O2S. The maximum atomic E-state index is 12.3. The highest BCUT2D eigenvalue weighted by Gasteiger charge is 2.13. The van der Waals surface area contributed by atoms with Crippen molar-refractivity contribution in [1.82, 2.24) is 14.8 Å². The van der Waals surface area contributed by atoms with Crippen LogP contribution in [0.4, 0.5) is 5.69 Å². The number of aromatic nitrogens is 3. The lowest BCUT2D eigenvalue weighted by Gasteiger charge is -2.10. The molecule has 3 aromatic rings. The van der Waals surface area contributed by atoms with E-state index in [1.807, 2.05) is 69.6 Å². The standard InChI is InChI=1S/C22H25ClN4O2S/c1-13-6-7-18(14(2)8-13)24-20(28)12-30-22-26-25-19(27(22)5)11-29-17-9-15(3)21(23)16(4)10-17/h6-10H,11-12H2,1-5H3,(H,24,28). The number of rotatable bonds is 7. The van der Waals surface area contributed by atoms with E-state index in [2.05, 4.69) is 15.5 Å². The average molecular weight is 445 g/mol. The molecule has 0 radical (unpaired) electrons. The normalized spacial score (nSPS) is 10.9. The number of ether oxygens (including phenoxy) is 1. The zero-order valence-electron chi connectivity index (χ0n) is 17.7. The Kier molecular flexibility index (Phi) is 7.05. The van der Waals surface area contributed by atoms with Gasteiger partial charge in [-0.05, 0) is 62.6 Å². The third kappa shape index (κ3) is 5.34. The number of benzene rings is 2. The number of hydrogen-bond acceptors (Lipinski definition) is 5. The van der Waals surface area contributed by atoms with Crippen LogP contribution < -0.4 is 10.1 Å². The molecule has 1 amide bonds. The fourth-order valence-corrected chi connectivity index (χ4v) is 3.84. The Labute approximate surface area is 186 Å². The van der Waals surface area contributed by atoms with Gasteiger partial charge in [0, 0.05) is 17.8 Å². The fourth-order valence-electron chi connectivity index (χ4n) is 3.00. The van der Waals surface area contributed by atoms with E-state index in [0.717, 1.165) is 38.7 Å². The summed E-state index contributed by atoms with van der Waals surface area (Å²) in [7, 11) is 1.86. The van der Waals surface area contributed by atoms with Gasteiger partial charge < -0.3 is 14.6 Å². The molecule has 1 heterocycles. The summed E-state index contributed by atoms with van der Waals surface area (Å²) in [5.74, 6) is 1.58. The largest absolute Gasteiger partial charge is 0.486 e. The monoisotopic (exact) mass is 444 g/mol. The second-order valence-electron chi connectivity index (χ2n) is 7.27. The van der Waals surface area contributed by atoms with Gasteiger partial charge in [0.2, 0.25) is 5.91 Å². The second kappa shape index (κ2) is 9.53. The molecule has 0 aliphatic heterocycles. The van der Waals surface area contributed by atoms with Gasteiger partial charge in [0.1, 0.15) is 12.4 Å². The molecule has 8 heteroatoms. The van der Waals surface area contributed by atoms with E-state index in [1.165, 1.54) is 11.8 Å². The Morgan fingerprint density at radius 1 is 1.10 bits per heavy atom. The summed E-state index contributed by atoms with van der Waals surface area (Å²) in [6.45, 7) is 8.18. The Bertz CT molecular complexity index is 1060. The maximum Gasteiger partial charge on any atom is 0.234 e. The van der Waals surface area contributed by atoms with Crippen molar-refractivity contribution < 1.29 is 9.53 Å². The molecule has 158 valence electrons. The first-order chi connectivity index (χ1) is 14.2. The van der Waals surface area contributed by atoms with Crippen molar-refractivity contribution >= 4 is 35.0 Å². The number of amides is 1. The van der Waals surface area contributed by atoms with Gasteiger partial charge in [0.25, 0.3) is 0 Å². The topological polar surface area (TPSA) is 69.0 Å². The van der Waals surface area contributed by atoms with E-state index in [0.29, 0.717) is 11.0 Å². The number of carbonyl (C=O) groups excluding carboxylic acids is 1. The highest BCUT2D eigenvalue weighted by molar-refractivity contribution is 7.99. The van der Waals surface area contributed by atoms with Crippen molar-refractivity contribution in [2.45, 2.75) is 39.5 Å². The first-order valence-electron chi connectivity index (χ1n) is 9.52. The molecule has 0 aliphatic rings. The lowest BCUT2D eigenvalue weighted by atomic mass is 10.1. The molecule has 30 heavy (non-hydrogen) atoms. The van der Waals surface area contributed by atoms with E-state index in [4.69, 9.17) is 16.3 Å². The molecule has 0 aliphatic carbocycles. The Hall–Kier alpha value is -2.51. The van der Waals surface area contributed by atoms with Gasteiger partial charge in [-0.15, -0.1) is 10.2 Å². The quantitative estimate of drug-likeness (QED) is 0.518. The van der Waals surface area contributed by atoms with E-state index in [9.17, 15) is 4.79 Å². The molecule has 0 spiro atoms. The van der Waals surface area contributed by atoms with Gasteiger partial charge in [0.15, 0.2) is 11.0 Å². The van der Waals surface area contributed by atoms with Crippen LogP contribution in [0, 0.1) is 27.7 Å².